The van der Waals surface area contributed by atoms with E-state index in [-0.39, 0.29) is 0 Å². The molecule has 0 aliphatic carbocycles. The van der Waals surface area contributed by atoms with Crippen molar-refractivity contribution in [3.8, 4) is 44.5 Å². The highest BCUT2D eigenvalue weighted by Crippen LogP contribution is 2.38. The van der Waals surface area contributed by atoms with Crippen LogP contribution in [0.2, 0.25) is 0 Å². The van der Waals surface area contributed by atoms with Crippen LogP contribution in [0.15, 0.2) is 121 Å². The highest BCUT2D eigenvalue weighted by Gasteiger charge is 2.19. The Morgan fingerprint density at radius 1 is 0.327 bits per heavy atom. The van der Waals surface area contributed by atoms with Gasteiger partial charge < -0.3 is 9.97 Å². The fourth-order valence-corrected chi connectivity index (χ4v) is 7.62. The van der Waals surface area contributed by atoms with Crippen LogP contribution in [-0.4, -0.2) is 19.9 Å². The minimum atomic E-state index is 0.913. The lowest BCUT2D eigenvalue weighted by Gasteiger charge is -2.08. The second-order valence-electron chi connectivity index (χ2n) is 14.0. The average Bonchev–Trinajstić information content (AvgIpc) is 3.96. The van der Waals surface area contributed by atoms with Gasteiger partial charge in [-0.25, -0.2) is 9.97 Å². The van der Waals surface area contributed by atoms with Gasteiger partial charge >= 0.3 is 0 Å². The summed E-state index contributed by atoms with van der Waals surface area (Å²) in [5.74, 6) is 0. The van der Waals surface area contributed by atoms with Gasteiger partial charge in [0.25, 0.3) is 0 Å². The van der Waals surface area contributed by atoms with E-state index in [4.69, 9.17) is 9.97 Å². The Labute approximate surface area is 303 Å². The van der Waals surface area contributed by atoms with Gasteiger partial charge in [-0.1, -0.05) is 119 Å². The van der Waals surface area contributed by atoms with Gasteiger partial charge in [0.15, 0.2) is 0 Å². The Bertz CT molecular complexity index is 2420. The minimum Gasteiger partial charge on any atom is -0.354 e. The number of nitrogens with zero attached hydrogens (tertiary/aromatic N) is 2. The van der Waals surface area contributed by atoms with Crippen LogP contribution >= 0.6 is 0 Å². The second-order valence-corrected chi connectivity index (χ2v) is 14.0. The van der Waals surface area contributed by atoms with Crippen LogP contribution in [0, 0.1) is 27.7 Å². The van der Waals surface area contributed by atoms with Crippen LogP contribution in [0.4, 0.5) is 0 Å². The Balaban J connectivity index is 1.49. The topological polar surface area (TPSA) is 57.4 Å². The van der Waals surface area contributed by atoms with Crippen molar-refractivity contribution >= 4 is 46.4 Å². The zero-order valence-corrected chi connectivity index (χ0v) is 29.8. The van der Waals surface area contributed by atoms with E-state index in [9.17, 15) is 0 Å². The maximum atomic E-state index is 5.43. The molecule has 2 aliphatic rings. The number of nitrogens with one attached hydrogen (secondary N) is 2. The molecule has 7 aromatic rings. The van der Waals surface area contributed by atoms with E-state index in [1.54, 1.807) is 0 Å². The van der Waals surface area contributed by atoms with E-state index in [1.807, 2.05) is 0 Å². The Morgan fingerprint density at radius 3 is 0.808 bits per heavy atom. The number of aryl methyl sites for hydroxylation is 4. The van der Waals surface area contributed by atoms with Crippen molar-refractivity contribution in [1.29, 1.82) is 0 Å². The van der Waals surface area contributed by atoms with Crippen molar-refractivity contribution in [3.05, 3.63) is 166 Å². The Kier molecular flexibility index (Phi) is 7.66. The van der Waals surface area contributed by atoms with E-state index in [2.05, 4.69) is 183 Å². The summed E-state index contributed by atoms with van der Waals surface area (Å²) in [5, 5.41) is 0. The summed E-state index contributed by atoms with van der Waals surface area (Å²) in [4.78, 5) is 18.6. The lowest BCUT2D eigenvalue weighted by molar-refractivity contribution is 1.31. The second kappa shape index (κ2) is 12.7. The summed E-state index contributed by atoms with van der Waals surface area (Å²) < 4.78 is 0. The van der Waals surface area contributed by atoms with E-state index in [0.717, 1.165) is 89.4 Å². The molecule has 250 valence electrons. The number of aromatic amines is 2. The molecular weight excluding hydrogens is 633 g/mol. The largest absolute Gasteiger partial charge is 0.354 e. The summed E-state index contributed by atoms with van der Waals surface area (Å²) in [6.45, 7) is 8.56. The maximum absolute atomic E-state index is 5.43. The van der Waals surface area contributed by atoms with E-state index < -0.39 is 0 Å². The van der Waals surface area contributed by atoms with Crippen molar-refractivity contribution in [1.82, 2.24) is 19.9 Å². The van der Waals surface area contributed by atoms with Gasteiger partial charge in [0, 0.05) is 44.3 Å². The molecule has 4 nitrogen and oxygen atoms in total. The van der Waals surface area contributed by atoms with Gasteiger partial charge in [0.2, 0.25) is 0 Å². The normalized spacial score (nSPS) is 12.1. The summed E-state index contributed by atoms with van der Waals surface area (Å²) >= 11 is 0. The molecule has 3 aromatic heterocycles. The van der Waals surface area contributed by atoms with Gasteiger partial charge in [-0.2, -0.15) is 0 Å². The summed E-state index contributed by atoms with van der Waals surface area (Å²) in [5.41, 5.74) is 21.1. The maximum Gasteiger partial charge on any atom is 0.0737 e. The number of fused-ring (bicyclic) bond motifs is 8. The molecule has 0 fully saturated rings. The fourth-order valence-electron chi connectivity index (χ4n) is 7.62. The lowest BCUT2D eigenvalue weighted by atomic mass is 10.0. The van der Waals surface area contributed by atoms with Crippen LogP contribution in [0.25, 0.3) is 90.9 Å². The van der Waals surface area contributed by atoms with Crippen LogP contribution < -0.4 is 0 Å². The van der Waals surface area contributed by atoms with Crippen molar-refractivity contribution in [2.24, 2.45) is 0 Å². The minimum absolute atomic E-state index is 0.913. The van der Waals surface area contributed by atoms with E-state index in [1.165, 1.54) is 22.3 Å². The van der Waals surface area contributed by atoms with E-state index >= 15 is 0 Å². The van der Waals surface area contributed by atoms with Crippen molar-refractivity contribution in [3.63, 3.8) is 0 Å². The Morgan fingerprint density at radius 2 is 0.577 bits per heavy atom. The standard InChI is InChI=1S/C48H38N4/c1-29-9-5-13-33(25-29)45-37-17-19-39(49-37)46(34-14-6-10-30(2)26-34)41-21-23-43(51-41)48(36-16-8-12-32(4)28-36)44-24-22-42(52-44)47(40-20-18-38(45)50-40)35-15-7-11-31(3)27-35/h5-28,49,52H,1-4H3. The van der Waals surface area contributed by atoms with Gasteiger partial charge in [-0.15, -0.1) is 0 Å². The lowest BCUT2D eigenvalue weighted by Crippen LogP contribution is -1.90. The molecule has 0 amide bonds. The van der Waals surface area contributed by atoms with Crippen LogP contribution in [0.1, 0.15) is 45.0 Å². The molecule has 2 N–H and O–H groups in total. The zero-order chi connectivity index (χ0) is 35.3. The molecule has 0 saturated heterocycles. The first kappa shape index (κ1) is 31.5. The number of hydrogen-bond acceptors (Lipinski definition) is 2. The first-order chi connectivity index (χ1) is 25.4. The van der Waals surface area contributed by atoms with Gasteiger partial charge in [0.1, 0.15) is 0 Å². The molecule has 8 bridgehead atoms. The summed E-state index contributed by atoms with van der Waals surface area (Å²) in [6.07, 6.45) is 8.63. The molecule has 0 radical (unpaired) electrons. The predicted octanol–water partition coefficient (Wildman–Crippen LogP) is 12.6. The van der Waals surface area contributed by atoms with Crippen molar-refractivity contribution < 1.29 is 0 Å². The third-order valence-corrected chi connectivity index (χ3v) is 9.98. The number of H-pyrrole nitrogens is 2. The molecule has 4 heteroatoms. The first-order valence-electron chi connectivity index (χ1n) is 17.8. The molecule has 2 aliphatic heterocycles. The third kappa shape index (κ3) is 5.69. The zero-order valence-electron chi connectivity index (χ0n) is 29.8. The van der Waals surface area contributed by atoms with Gasteiger partial charge in [0.05, 0.1) is 22.8 Å². The van der Waals surface area contributed by atoms with E-state index in [0.29, 0.717) is 0 Å². The molecular formula is C48H38N4. The SMILES string of the molecule is Cc1cccc(-c2c3nc(c(-c4cccc(C)c4)c4ccc([nH]4)c(-c4cccc(C)c4)c4nc(c(-c5cccc(C)c5)c5ccc2[nH]5)C=C4)C=C3)c1. The molecule has 0 saturated carbocycles. The summed E-state index contributed by atoms with van der Waals surface area (Å²) in [7, 11) is 0. The van der Waals surface area contributed by atoms with Crippen LogP contribution in [0.5, 0.6) is 0 Å². The predicted molar refractivity (Wildman–Crippen MR) is 220 cm³/mol. The van der Waals surface area contributed by atoms with Gasteiger partial charge in [-0.05, 0) is 98.5 Å². The highest BCUT2D eigenvalue weighted by molar-refractivity contribution is 5.99. The number of benzene rings is 4. The van der Waals surface area contributed by atoms with Crippen molar-refractivity contribution in [2.75, 3.05) is 0 Å². The number of aromatic nitrogens is 4. The smallest absolute Gasteiger partial charge is 0.0737 e. The fraction of sp³-hybridized carbons (Fsp3) is 0.0833. The summed E-state index contributed by atoms with van der Waals surface area (Å²) in [6, 6.07) is 43.5. The van der Waals surface area contributed by atoms with Crippen LogP contribution in [-0.2, 0) is 0 Å². The monoisotopic (exact) mass is 670 g/mol. The quantitative estimate of drug-likeness (QED) is 0.196. The van der Waals surface area contributed by atoms with Gasteiger partial charge in [-0.3, -0.25) is 0 Å². The number of rotatable bonds is 4. The van der Waals surface area contributed by atoms with Crippen LogP contribution in [0.3, 0.4) is 0 Å². The molecule has 52 heavy (non-hydrogen) atoms. The highest BCUT2D eigenvalue weighted by atomic mass is 14.8. The Hall–Kier alpha value is -6.52. The number of hydrogen-bond donors (Lipinski definition) is 2. The molecule has 9 rings (SSSR count). The molecule has 0 unspecified atom stereocenters. The average molecular weight is 671 g/mol. The first-order valence-corrected chi connectivity index (χ1v) is 17.8. The van der Waals surface area contributed by atoms with Crippen molar-refractivity contribution in [2.45, 2.75) is 27.7 Å². The molecule has 0 spiro atoms. The molecule has 5 heterocycles. The third-order valence-electron chi connectivity index (χ3n) is 9.98. The molecule has 0 atom stereocenters. The molecule has 4 aromatic carbocycles.